The Kier molecular flexibility index (Phi) is 5.49. The number of nitrogens with zero attached hydrogens (tertiary/aromatic N) is 7. The highest BCUT2D eigenvalue weighted by atomic mass is 16.5. The van der Waals surface area contributed by atoms with Gasteiger partial charge < -0.3 is 30.3 Å². The molecule has 4 N–H and O–H groups in total. The molecule has 11 nitrogen and oxygen atoms in total. The number of pyridine rings is 1. The maximum absolute atomic E-state index is 9.92. The standard InChI is InChI=1S/C26H35N9O2/c1-16-23(27)26(15-37-16)7-11-33(12-8-26)21-13-28-22-24(30-21)31-32-25(22)35-9-2-3-18-19(35)4-5-20(29-18)34-10-6-17(36)14-34/h4-5,13,16-17,23,36H,2-3,6-12,14-15,27H2,1H3,(H,30,31,32)/t16-,17+,23+/m0/s1. The molecule has 4 aliphatic rings. The number of aliphatic hydroxyl groups is 1. The van der Waals surface area contributed by atoms with Crippen LogP contribution in [-0.4, -0.2) is 87.8 Å². The van der Waals surface area contributed by atoms with E-state index in [0.717, 1.165) is 99.2 Å². The molecule has 3 aromatic heterocycles. The van der Waals surface area contributed by atoms with E-state index in [1.54, 1.807) is 0 Å². The van der Waals surface area contributed by atoms with Crippen molar-refractivity contribution in [2.24, 2.45) is 11.1 Å². The molecular formula is C26H35N9O2. The van der Waals surface area contributed by atoms with Gasteiger partial charge in [-0.3, -0.25) is 5.10 Å². The molecule has 11 heteroatoms. The smallest absolute Gasteiger partial charge is 0.183 e. The number of piperidine rings is 1. The second-order valence-corrected chi connectivity index (χ2v) is 11.1. The molecule has 0 unspecified atom stereocenters. The first-order valence-corrected chi connectivity index (χ1v) is 13.5. The summed E-state index contributed by atoms with van der Waals surface area (Å²) in [6.07, 6.45) is 6.45. The van der Waals surface area contributed by atoms with E-state index in [4.69, 9.17) is 25.4 Å². The fourth-order valence-corrected chi connectivity index (χ4v) is 6.56. The number of ether oxygens (including phenoxy) is 1. The molecule has 196 valence electrons. The average Bonchev–Trinajstić information content (AvgIpc) is 3.63. The molecule has 4 aliphatic heterocycles. The van der Waals surface area contributed by atoms with Gasteiger partial charge in [-0.25, -0.2) is 15.0 Å². The Morgan fingerprint density at radius 1 is 1.11 bits per heavy atom. The summed E-state index contributed by atoms with van der Waals surface area (Å²) >= 11 is 0. The highest BCUT2D eigenvalue weighted by Gasteiger charge is 2.47. The van der Waals surface area contributed by atoms with Gasteiger partial charge in [-0.15, -0.1) is 0 Å². The number of aromatic nitrogens is 5. The molecule has 3 atom stereocenters. The van der Waals surface area contributed by atoms with E-state index in [1.165, 1.54) is 0 Å². The van der Waals surface area contributed by atoms with E-state index in [1.807, 2.05) is 6.20 Å². The maximum atomic E-state index is 9.92. The number of fused-ring (bicyclic) bond motifs is 2. The van der Waals surface area contributed by atoms with Crippen LogP contribution in [0, 0.1) is 5.41 Å². The maximum Gasteiger partial charge on any atom is 0.183 e. The van der Waals surface area contributed by atoms with Crippen LogP contribution in [0.1, 0.15) is 38.3 Å². The molecule has 7 rings (SSSR count). The van der Waals surface area contributed by atoms with E-state index in [2.05, 4.69) is 44.0 Å². The van der Waals surface area contributed by atoms with Gasteiger partial charge in [0.05, 0.1) is 36.4 Å². The van der Waals surface area contributed by atoms with Gasteiger partial charge in [0.2, 0.25) is 0 Å². The summed E-state index contributed by atoms with van der Waals surface area (Å²) in [7, 11) is 0. The molecule has 3 aromatic rings. The number of β-amino-alcohol motifs (C(OH)–C–C–N with tert-alkyl or cyclic N) is 1. The minimum absolute atomic E-state index is 0.0821. The molecule has 3 saturated heterocycles. The lowest BCUT2D eigenvalue weighted by molar-refractivity contribution is 0.0974. The van der Waals surface area contributed by atoms with Crippen LogP contribution in [-0.2, 0) is 11.2 Å². The lowest BCUT2D eigenvalue weighted by Crippen LogP contribution is -2.50. The second kappa shape index (κ2) is 8.78. The Morgan fingerprint density at radius 2 is 1.97 bits per heavy atom. The van der Waals surface area contributed by atoms with Crippen molar-refractivity contribution < 1.29 is 9.84 Å². The number of hydrogen-bond acceptors (Lipinski definition) is 10. The van der Waals surface area contributed by atoms with Crippen molar-refractivity contribution in [2.45, 2.75) is 57.3 Å². The molecule has 0 bridgehead atoms. The third-order valence-electron chi connectivity index (χ3n) is 8.93. The van der Waals surface area contributed by atoms with E-state index in [0.29, 0.717) is 12.2 Å². The summed E-state index contributed by atoms with van der Waals surface area (Å²) in [6, 6.07) is 4.28. The van der Waals surface area contributed by atoms with Crippen molar-refractivity contribution in [3.8, 4) is 0 Å². The number of H-pyrrole nitrogens is 1. The topological polar surface area (TPSA) is 133 Å². The zero-order valence-electron chi connectivity index (χ0n) is 21.3. The summed E-state index contributed by atoms with van der Waals surface area (Å²) in [5.41, 5.74) is 10.2. The quantitative estimate of drug-likeness (QED) is 0.483. The summed E-state index contributed by atoms with van der Waals surface area (Å²) in [5, 5.41) is 17.7. The van der Waals surface area contributed by atoms with Gasteiger partial charge in [-0.2, -0.15) is 5.10 Å². The van der Waals surface area contributed by atoms with Gasteiger partial charge in [0.15, 0.2) is 17.0 Å². The summed E-state index contributed by atoms with van der Waals surface area (Å²) in [6.45, 7) is 6.97. The van der Waals surface area contributed by atoms with E-state index in [9.17, 15) is 5.11 Å². The Morgan fingerprint density at radius 3 is 2.73 bits per heavy atom. The van der Waals surface area contributed by atoms with Crippen molar-refractivity contribution >= 4 is 34.3 Å². The highest BCUT2D eigenvalue weighted by molar-refractivity contribution is 5.87. The number of aromatic amines is 1. The predicted molar refractivity (Wildman–Crippen MR) is 141 cm³/mol. The van der Waals surface area contributed by atoms with E-state index < -0.39 is 0 Å². The lowest BCUT2D eigenvalue weighted by atomic mass is 9.73. The van der Waals surface area contributed by atoms with Crippen molar-refractivity contribution in [2.75, 3.05) is 54.0 Å². The number of anilines is 4. The van der Waals surface area contributed by atoms with E-state index >= 15 is 0 Å². The fraction of sp³-hybridized carbons (Fsp3) is 0.615. The zero-order valence-corrected chi connectivity index (χ0v) is 21.3. The molecule has 0 aliphatic carbocycles. The van der Waals surface area contributed by atoms with Gasteiger partial charge in [-0.1, -0.05) is 0 Å². The Hall–Kier alpha value is -3.02. The Labute approximate surface area is 216 Å². The Balaban J connectivity index is 1.12. The molecule has 0 saturated carbocycles. The number of hydrogen-bond donors (Lipinski definition) is 3. The fourth-order valence-electron chi connectivity index (χ4n) is 6.56. The predicted octanol–water partition coefficient (Wildman–Crippen LogP) is 1.74. The first kappa shape index (κ1) is 23.1. The lowest BCUT2D eigenvalue weighted by Gasteiger charge is -2.41. The third-order valence-corrected chi connectivity index (χ3v) is 8.93. The van der Waals surface area contributed by atoms with Crippen molar-refractivity contribution in [3.63, 3.8) is 0 Å². The monoisotopic (exact) mass is 505 g/mol. The van der Waals surface area contributed by atoms with Crippen LogP contribution in [0.4, 0.5) is 23.1 Å². The van der Waals surface area contributed by atoms with Crippen molar-refractivity contribution in [3.05, 3.63) is 24.0 Å². The molecule has 37 heavy (non-hydrogen) atoms. The van der Waals surface area contributed by atoms with Gasteiger partial charge in [0, 0.05) is 44.2 Å². The van der Waals surface area contributed by atoms with Crippen LogP contribution in [0.5, 0.6) is 0 Å². The molecule has 1 spiro atoms. The number of nitrogens with one attached hydrogen (secondary N) is 1. The molecular weight excluding hydrogens is 470 g/mol. The first-order chi connectivity index (χ1) is 18.0. The molecule has 0 aromatic carbocycles. The van der Waals surface area contributed by atoms with E-state index in [-0.39, 0.29) is 23.7 Å². The molecule has 0 amide bonds. The summed E-state index contributed by atoms with van der Waals surface area (Å²) in [4.78, 5) is 21.4. The highest BCUT2D eigenvalue weighted by Crippen LogP contribution is 2.42. The van der Waals surface area contributed by atoms with Crippen LogP contribution in [0.15, 0.2) is 18.3 Å². The summed E-state index contributed by atoms with van der Waals surface area (Å²) in [5.74, 6) is 2.61. The second-order valence-electron chi connectivity index (χ2n) is 11.1. The normalized spacial score (nSPS) is 27.4. The van der Waals surface area contributed by atoms with Crippen LogP contribution in [0.25, 0.3) is 11.2 Å². The van der Waals surface area contributed by atoms with Crippen LogP contribution < -0.4 is 20.4 Å². The molecule has 7 heterocycles. The SMILES string of the molecule is C[C@@H]1OCC2(CCN(c3cnc4c(N5CCCc6nc(N7CC[C@@H](O)C7)ccc65)n[nH]c4n3)CC2)[C@@H]1N. The van der Waals surface area contributed by atoms with Crippen molar-refractivity contribution in [1.29, 1.82) is 0 Å². The minimum atomic E-state index is -0.266. The number of aliphatic hydroxyl groups excluding tert-OH is 1. The van der Waals surface area contributed by atoms with Crippen molar-refractivity contribution in [1.82, 2.24) is 25.1 Å². The Bertz CT molecular complexity index is 1300. The van der Waals surface area contributed by atoms with Crippen LogP contribution >= 0.6 is 0 Å². The molecule has 0 radical (unpaired) electrons. The van der Waals surface area contributed by atoms with Gasteiger partial charge in [-0.05, 0) is 51.2 Å². The number of aryl methyl sites for hydroxylation is 1. The van der Waals surface area contributed by atoms with Gasteiger partial charge in [0.25, 0.3) is 0 Å². The van der Waals surface area contributed by atoms with Crippen LogP contribution in [0.2, 0.25) is 0 Å². The number of nitrogens with two attached hydrogens (primary N) is 1. The minimum Gasteiger partial charge on any atom is -0.391 e. The number of rotatable bonds is 3. The van der Waals surface area contributed by atoms with Crippen LogP contribution in [0.3, 0.4) is 0 Å². The van der Waals surface area contributed by atoms with Gasteiger partial charge in [0.1, 0.15) is 11.6 Å². The third kappa shape index (κ3) is 3.82. The average molecular weight is 506 g/mol. The zero-order chi connectivity index (χ0) is 25.1. The van der Waals surface area contributed by atoms with Gasteiger partial charge >= 0.3 is 0 Å². The summed E-state index contributed by atoms with van der Waals surface area (Å²) < 4.78 is 5.87. The molecule has 3 fully saturated rings. The first-order valence-electron chi connectivity index (χ1n) is 13.5. The largest absolute Gasteiger partial charge is 0.391 e.